The number of hydrogen-bond acceptors (Lipinski definition) is 2. The molecule has 0 aliphatic carbocycles. The van der Waals surface area contributed by atoms with Gasteiger partial charge in [0.05, 0.1) is 12.7 Å². The van der Waals surface area contributed by atoms with Crippen LogP contribution in [0.1, 0.15) is 18.9 Å². The molecule has 0 aromatic heterocycles. The predicted octanol–water partition coefficient (Wildman–Crippen LogP) is 2.26. The van der Waals surface area contributed by atoms with Crippen molar-refractivity contribution in [2.45, 2.75) is 31.9 Å². The van der Waals surface area contributed by atoms with Crippen molar-refractivity contribution in [2.24, 2.45) is 11.7 Å². The van der Waals surface area contributed by atoms with Crippen LogP contribution in [0.5, 0.6) is 0 Å². The first-order chi connectivity index (χ1) is 8.08. The van der Waals surface area contributed by atoms with Gasteiger partial charge in [-0.05, 0) is 31.9 Å². The molecule has 1 heterocycles. The first-order valence-electron chi connectivity index (χ1n) is 5.88. The summed E-state index contributed by atoms with van der Waals surface area (Å²) in [4.78, 5) is 0. The minimum Gasteiger partial charge on any atom is -0.378 e. The van der Waals surface area contributed by atoms with Gasteiger partial charge in [-0.15, -0.1) is 0 Å². The van der Waals surface area contributed by atoms with E-state index >= 15 is 0 Å². The highest BCUT2D eigenvalue weighted by Crippen LogP contribution is 2.24. The van der Waals surface area contributed by atoms with Crippen molar-refractivity contribution in [3.8, 4) is 0 Å². The van der Waals surface area contributed by atoms with Crippen molar-refractivity contribution >= 4 is 0 Å². The maximum atomic E-state index is 13.4. The minimum absolute atomic E-state index is 0.0829. The highest BCUT2D eigenvalue weighted by Gasteiger charge is 2.28. The zero-order valence-electron chi connectivity index (χ0n) is 9.83. The maximum absolute atomic E-state index is 13.4. The summed E-state index contributed by atoms with van der Waals surface area (Å²) in [7, 11) is 0. The summed E-state index contributed by atoms with van der Waals surface area (Å²) in [6.45, 7) is 2.56. The van der Waals surface area contributed by atoms with Gasteiger partial charge in [0.25, 0.3) is 0 Å². The molecule has 2 nitrogen and oxygen atoms in total. The monoisotopic (exact) mass is 241 g/mol. The molecule has 1 aliphatic rings. The van der Waals surface area contributed by atoms with E-state index in [9.17, 15) is 8.78 Å². The van der Waals surface area contributed by atoms with Crippen molar-refractivity contribution in [1.29, 1.82) is 0 Å². The van der Waals surface area contributed by atoms with Gasteiger partial charge in [-0.2, -0.15) is 0 Å². The van der Waals surface area contributed by atoms with Gasteiger partial charge in [-0.3, -0.25) is 0 Å². The lowest BCUT2D eigenvalue weighted by Crippen LogP contribution is -2.33. The summed E-state index contributed by atoms with van der Waals surface area (Å²) >= 11 is 0. The third-order valence-corrected chi connectivity index (χ3v) is 3.34. The molecule has 3 atom stereocenters. The molecule has 1 aromatic carbocycles. The van der Waals surface area contributed by atoms with Crippen LogP contribution in [0.3, 0.4) is 0 Å². The predicted molar refractivity (Wildman–Crippen MR) is 61.6 cm³/mol. The molecule has 3 unspecified atom stereocenters. The molecule has 0 saturated carbocycles. The smallest absolute Gasteiger partial charge is 0.129 e. The van der Waals surface area contributed by atoms with Crippen molar-refractivity contribution in [1.82, 2.24) is 0 Å². The Kier molecular flexibility index (Phi) is 3.74. The lowest BCUT2D eigenvalue weighted by Gasteiger charge is -2.18. The second-order valence-corrected chi connectivity index (χ2v) is 4.71. The summed E-state index contributed by atoms with van der Waals surface area (Å²) in [5, 5.41) is 0. The summed E-state index contributed by atoms with van der Waals surface area (Å²) in [6.07, 6.45) is 1.27. The Labute approximate surface area is 99.8 Å². The summed E-state index contributed by atoms with van der Waals surface area (Å²) in [5.74, 6) is -0.858. The van der Waals surface area contributed by atoms with Crippen LogP contribution >= 0.6 is 0 Å². The first-order valence-corrected chi connectivity index (χ1v) is 5.88. The molecule has 17 heavy (non-hydrogen) atoms. The Morgan fingerprint density at radius 1 is 1.41 bits per heavy atom. The Hall–Kier alpha value is -1.00. The second-order valence-electron chi connectivity index (χ2n) is 4.71. The van der Waals surface area contributed by atoms with Gasteiger partial charge in [0.1, 0.15) is 11.6 Å². The van der Waals surface area contributed by atoms with Crippen LogP contribution in [0.2, 0.25) is 0 Å². The fourth-order valence-corrected chi connectivity index (χ4v) is 2.28. The Morgan fingerprint density at radius 3 is 2.59 bits per heavy atom. The Balaban J connectivity index is 2.05. The molecule has 2 rings (SSSR count). The van der Waals surface area contributed by atoms with E-state index in [2.05, 4.69) is 0 Å². The molecule has 1 aromatic rings. The van der Waals surface area contributed by atoms with Crippen LogP contribution in [0.4, 0.5) is 8.78 Å². The summed E-state index contributed by atoms with van der Waals surface area (Å²) in [6, 6.07) is 3.63. The van der Waals surface area contributed by atoms with Crippen LogP contribution < -0.4 is 5.73 Å². The van der Waals surface area contributed by atoms with Crippen LogP contribution in [-0.2, 0) is 11.2 Å². The van der Waals surface area contributed by atoms with E-state index in [4.69, 9.17) is 10.5 Å². The van der Waals surface area contributed by atoms with E-state index < -0.39 is 11.6 Å². The van der Waals surface area contributed by atoms with Gasteiger partial charge in [-0.25, -0.2) is 8.78 Å². The van der Waals surface area contributed by atoms with Gasteiger partial charge in [0.15, 0.2) is 0 Å². The quantitative estimate of drug-likeness (QED) is 0.881. The maximum Gasteiger partial charge on any atom is 0.129 e. The third kappa shape index (κ3) is 2.82. The first kappa shape index (κ1) is 12.5. The minimum atomic E-state index is -0.521. The zero-order chi connectivity index (χ0) is 12.4. The Bertz CT molecular complexity index is 377. The lowest BCUT2D eigenvalue weighted by atomic mass is 9.92. The Morgan fingerprint density at radius 2 is 2.06 bits per heavy atom. The van der Waals surface area contributed by atoms with Gasteiger partial charge >= 0.3 is 0 Å². The molecule has 1 aliphatic heterocycles. The van der Waals surface area contributed by atoms with E-state index in [1.807, 2.05) is 6.92 Å². The highest BCUT2D eigenvalue weighted by atomic mass is 19.1. The van der Waals surface area contributed by atoms with Crippen LogP contribution in [0.15, 0.2) is 18.2 Å². The molecular formula is C13H17F2NO. The van der Waals surface area contributed by atoms with E-state index in [1.165, 1.54) is 18.2 Å². The number of halogens is 2. The normalized spacial score (nSPS) is 26.1. The number of benzene rings is 1. The molecule has 2 N–H and O–H groups in total. The second kappa shape index (κ2) is 5.10. The number of rotatable bonds is 3. The van der Waals surface area contributed by atoms with Crippen molar-refractivity contribution < 1.29 is 13.5 Å². The van der Waals surface area contributed by atoms with E-state index in [1.54, 1.807) is 0 Å². The van der Waals surface area contributed by atoms with E-state index in [0.717, 1.165) is 6.42 Å². The average molecular weight is 241 g/mol. The summed E-state index contributed by atoms with van der Waals surface area (Å²) < 4.78 is 32.3. The molecule has 0 bridgehead atoms. The molecule has 0 spiro atoms. The van der Waals surface area contributed by atoms with Crippen molar-refractivity contribution in [3.63, 3.8) is 0 Å². The number of nitrogens with two attached hydrogens (primary N) is 1. The topological polar surface area (TPSA) is 35.2 Å². The van der Waals surface area contributed by atoms with Crippen LogP contribution in [0, 0.1) is 17.6 Å². The van der Waals surface area contributed by atoms with Gasteiger partial charge in [0.2, 0.25) is 0 Å². The molecule has 1 fully saturated rings. The molecule has 1 saturated heterocycles. The summed E-state index contributed by atoms with van der Waals surface area (Å²) in [5.41, 5.74) is 6.08. The van der Waals surface area contributed by atoms with E-state index in [0.29, 0.717) is 6.61 Å². The van der Waals surface area contributed by atoms with Crippen LogP contribution in [-0.4, -0.2) is 18.8 Å². The molecule has 0 amide bonds. The lowest BCUT2D eigenvalue weighted by molar-refractivity contribution is 0.118. The number of ether oxygens (including phenoxy) is 1. The average Bonchev–Trinajstić information content (AvgIpc) is 2.70. The largest absolute Gasteiger partial charge is 0.378 e. The zero-order valence-corrected chi connectivity index (χ0v) is 9.83. The van der Waals surface area contributed by atoms with Gasteiger partial charge in [0, 0.05) is 17.5 Å². The number of hydrogen-bond donors (Lipinski definition) is 1. The van der Waals surface area contributed by atoms with E-state index in [-0.39, 0.29) is 30.0 Å². The fraction of sp³-hybridized carbons (Fsp3) is 0.538. The van der Waals surface area contributed by atoms with Crippen LogP contribution in [0.25, 0.3) is 0 Å². The molecule has 0 radical (unpaired) electrons. The molecule has 94 valence electrons. The fourth-order valence-electron chi connectivity index (χ4n) is 2.28. The molecular weight excluding hydrogens is 224 g/mol. The third-order valence-electron chi connectivity index (χ3n) is 3.34. The molecule has 4 heteroatoms. The van der Waals surface area contributed by atoms with Crippen molar-refractivity contribution in [3.05, 3.63) is 35.4 Å². The standard InChI is InChI=1S/C13H17F2NO/c1-8-5-9(7-17-8)13(16)6-10-11(14)3-2-4-12(10)15/h2-4,8-9,13H,5-7,16H2,1H3. The van der Waals surface area contributed by atoms with Crippen molar-refractivity contribution in [2.75, 3.05) is 6.61 Å². The SMILES string of the molecule is CC1CC(C(N)Cc2c(F)cccc2F)CO1. The highest BCUT2D eigenvalue weighted by molar-refractivity contribution is 5.20. The van der Waals surface area contributed by atoms with Gasteiger partial charge < -0.3 is 10.5 Å². The van der Waals surface area contributed by atoms with Gasteiger partial charge in [-0.1, -0.05) is 6.07 Å².